The summed E-state index contributed by atoms with van der Waals surface area (Å²) in [6, 6.07) is 7.91. The van der Waals surface area contributed by atoms with Crippen molar-refractivity contribution in [2.24, 2.45) is 5.73 Å². The number of rotatable bonds is 3. The molecule has 0 aromatic heterocycles. The highest BCUT2D eigenvalue weighted by molar-refractivity contribution is 5.35. The van der Waals surface area contributed by atoms with Gasteiger partial charge in [0, 0.05) is 0 Å². The standard InChI is InChI=1S/C12H16N2O/c1-9-4-5-11(10(2)6-9)15-8-12(3,14)7-13/h4-6H,8,14H2,1-3H3. The minimum absolute atomic E-state index is 0.202. The van der Waals surface area contributed by atoms with Gasteiger partial charge in [-0.25, -0.2) is 0 Å². The molecule has 0 amide bonds. The van der Waals surface area contributed by atoms with Gasteiger partial charge in [-0.3, -0.25) is 0 Å². The summed E-state index contributed by atoms with van der Waals surface area (Å²) in [5, 5.41) is 8.73. The van der Waals surface area contributed by atoms with Crippen molar-refractivity contribution in [1.29, 1.82) is 5.26 Å². The van der Waals surface area contributed by atoms with Crippen LogP contribution in [0.5, 0.6) is 5.75 Å². The number of nitrogens with zero attached hydrogens (tertiary/aromatic N) is 1. The lowest BCUT2D eigenvalue weighted by Gasteiger charge is -2.17. The second-order valence-corrected chi connectivity index (χ2v) is 4.09. The SMILES string of the molecule is Cc1ccc(OCC(C)(N)C#N)c(C)c1. The summed E-state index contributed by atoms with van der Waals surface area (Å²) >= 11 is 0. The number of nitrogens with two attached hydrogens (primary N) is 1. The van der Waals surface area contributed by atoms with E-state index in [0.29, 0.717) is 0 Å². The first-order valence-corrected chi connectivity index (χ1v) is 4.85. The van der Waals surface area contributed by atoms with Crippen molar-refractivity contribution in [3.8, 4) is 11.8 Å². The smallest absolute Gasteiger partial charge is 0.135 e. The Balaban J connectivity index is 2.71. The quantitative estimate of drug-likeness (QED) is 0.818. The molecule has 80 valence electrons. The van der Waals surface area contributed by atoms with E-state index in [1.807, 2.05) is 38.1 Å². The number of aryl methyl sites for hydroxylation is 2. The van der Waals surface area contributed by atoms with Gasteiger partial charge in [0.25, 0.3) is 0 Å². The molecule has 0 aliphatic carbocycles. The molecule has 1 aromatic rings. The molecular weight excluding hydrogens is 188 g/mol. The Morgan fingerprint density at radius 1 is 1.47 bits per heavy atom. The molecule has 0 fully saturated rings. The van der Waals surface area contributed by atoms with Crippen LogP contribution in [-0.4, -0.2) is 12.1 Å². The Morgan fingerprint density at radius 2 is 2.13 bits per heavy atom. The molecule has 3 nitrogen and oxygen atoms in total. The van der Waals surface area contributed by atoms with E-state index in [2.05, 4.69) is 0 Å². The highest BCUT2D eigenvalue weighted by Gasteiger charge is 2.18. The molecule has 0 aliphatic heterocycles. The van der Waals surface area contributed by atoms with Crippen molar-refractivity contribution in [2.75, 3.05) is 6.61 Å². The lowest BCUT2D eigenvalue weighted by molar-refractivity contribution is 0.263. The molecule has 15 heavy (non-hydrogen) atoms. The van der Waals surface area contributed by atoms with Crippen LogP contribution in [0.25, 0.3) is 0 Å². The zero-order valence-electron chi connectivity index (χ0n) is 9.37. The Kier molecular flexibility index (Phi) is 3.33. The Morgan fingerprint density at radius 3 is 2.67 bits per heavy atom. The molecule has 1 atom stereocenters. The van der Waals surface area contributed by atoms with E-state index in [1.165, 1.54) is 5.56 Å². The first-order chi connectivity index (χ1) is 6.94. The van der Waals surface area contributed by atoms with Gasteiger partial charge < -0.3 is 10.5 Å². The van der Waals surface area contributed by atoms with Crippen LogP contribution in [0, 0.1) is 25.2 Å². The Hall–Kier alpha value is -1.53. The summed E-state index contributed by atoms with van der Waals surface area (Å²) in [4.78, 5) is 0. The third-order valence-corrected chi connectivity index (χ3v) is 2.11. The number of nitriles is 1. The molecule has 0 saturated heterocycles. The van der Waals surface area contributed by atoms with Gasteiger partial charge in [0.2, 0.25) is 0 Å². The van der Waals surface area contributed by atoms with E-state index in [0.717, 1.165) is 11.3 Å². The highest BCUT2D eigenvalue weighted by Crippen LogP contribution is 2.19. The minimum atomic E-state index is -0.933. The summed E-state index contributed by atoms with van der Waals surface area (Å²) in [6.45, 7) is 5.85. The van der Waals surface area contributed by atoms with Gasteiger partial charge in [0.1, 0.15) is 17.9 Å². The number of hydrogen-bond acceptors (Lipinski definition) is 3. The fourth-order valence-electron chi connectivity index (χ4n) is 1.22. The molecule has 0 spiro atoms. The van der Waals surface area contributed by atoms with Crippen molar-refractivity contribution in [3.63, 3.8) is 0 Å². The second kappa shape index (κ2) is 4.33. The van der Waals surface area contributed by atoms with Gasteiger partial charge in [-0.1, -0.05) is 17.7 Å². The van der Waals surface area contributed by atoms with Crippen molar-refractivity contribution < 1.29 is 4.74 Å². The van der Waals surface area contributed by atoms with Crippen LogP contribution in [0.1, 0.15) is 18.1 Å². The maximum Gasteiger partial charge on any atom is 0.135 e. The molecule has 3 heteroatoms. The summed E-state index contributed by atoms with van der Waals surface area (Å²) in [6.07, 6.45) is 0. The van der Waals surface area contributed by atoms with Gasteiger partial charge in [-0.15, -0.1) is 0 Å². The maximum atomic E-state index is 8.73. The summed E-state index contributed by atoms with van der Waals surface area (Å²) in [7, 11) is 0. The van der Waals surface area contributed by atoms with Crippen LogP contribution in [0.2, 0.25) is 0 Å². The molecule has 1 rings (SSSR count). The predicted octanol–water partition coefficient (Wildman–Crippen LogP) is 1.92. The van der Waals surface area contributed by atoms with Crippen molar-refractivity contribution in [3.05, 3.63) is 29.3 Å². The average molecular weight is 204 g/mol. The minimum Gasteiger partial charge on any atom is -0.490 e. The summed E-state index contributed by atoms with van der Waals surface area (Å²) in [5.74, 6) is 0.785. The Labute approximate surface area is 90.5 Å². The fourth-order valence-corrected chi connectivity index (χ4v) is 1.22. The van der Waals surface area contributed by atoms with E-state index in [-0.39, 0.29) is 6.61 Å². The molecule has 0 heterocycles. The van der Waals surface area contributed by atoms with Crippen LogP contribution < -0.4 is 10.5 Å². The highest BCUT2D eigenvalue weighted by atomic mass is 16.5. The zero-order chi connectivity index (χ0) is 11.5. The predicted molar refractivity (Wildman–Crippen MR) is 59.6 cm³/mol. The van der Waals surface area contributed by atoms with E-state index in [4.69, 9.17) is 15.7 Å². The van der Waals surface area contributed by atoms with Crippen LogP contribution >= 0.6 is 0 Å². The van der Waals surface area contributed by atoms with E-state index in [9.17, 15) is 0 Å². The maximum absolute atomic E-state index is 8.73. The van der Waals surface area contributed by atoms with E-state index >= 15 is 0 Å². The molecule has 0 bridgehead atoms. The second-order valence-electron chi connectivity index (χ2n) is 4.09. The third-order valence-electron chi connectivity index (χ3n) is 2.11. The summed E-state index contributed by atoms with van der Waals surface area (Å²) in [5.41, 5.74) is 6.97. The van der Waals surface area contributed by atoms with Gasteiger partial charge in [-0.05, 0) is 32.4 Å². The van der Waals surface area contributed by atoms with Crippen molar-refractivity contribution in [2.45, 2.75) is 26.3 Å². The van der Waals surface area contributed by atoms with Crippen molar-refractivity contribution in [1.82, 2.24) is 0 Å². The van der Waals surface area contributed by atoms with Gasteiger partial charge in [0.15, 0.2) is 0 Å². The van der Waals surface area contributed by atoms with Gasteiger partial charge in [-0.2, -0.15) is 5.26 Å². The average Bonchev–Trinajstić information content (AvgIpc) is 2.16. The van der Waals surface area contributed by atoms with E-state index in [1.54, 1.807) is 6.92 Å². The molecule has 0 saturated carbocycles. The van der Waals surface area contributed by atoms with Crippen LogP contribution in [0.3, 0.4) is 0 Å². The molecule has 1 aromatic carbocycles. The first kappa shape index (κ1) is 11.5. The first-order valence-electron chi connectivity index (χ1n) is 4.85. The molecule has 2 N–H and O–H groups in total. The summed E-state index contributed by atoms with van der Waals surface area (Å²) < 4.78 is 5.50. The number of hydrogen-bond donors (Lipinski definition) is 1. The third kappa shape index (κ3) is 3.26. The normalized spacial score (nSPS) is 14.1. The fraction of sp³-hybridized carbons (Fsp3) is 0.417. The van der Waals surface area contributed by atoms with Crippen LogP contribution in [0.15, 0.2) is 18.2 Å². The lowest BCUT2D eigenvalue weighted by atomic mass is 10.1. The van der Waals surface area contributed by atoms with Crippen LogP contribution in [-0.2, 0) is 0 Å². The Bertz CT molecular complexity index is 391. The van der Waals surface area contributed by atoms with Gasteiger partial charge in [0.05, 0.1) is 6.07 Å². The largest absolute Gasteiger partial charge is 0.490 e. The van der Waals surface area contributed by atoms with Crippen molar-refractivity contribution >= 4 is 0 Å². The molecule has 0 radical (unpaired) electrons. The lowest BCUT2D eigenvalue weighted by Crippen LogP contribution is -2.40. The monoisotopic (exact) mass is 204 g/mol. The van der Waals surface area contributed by atoms with E-state index < -0.39 is 5.54 Å². The molecule has 1 unspecified atom stereocenters. The number of ether oxygens (including phenoxy) is 1. The van der Waals surface area contributed by atoms with Crippen LogP contribution in [0.4, 0.5) is 0 Å². The molecule has 0 aliphatic rings. The topological polar surface area (TPSA) is 59.0 Å². The van der Waals surface area contributed by atoms with Gasteiger partial charge >= 0.3 is 0 Å². The zero-order valence-corrected chi connectivity index (χ0v) is 9.37. The number of benzene rings is 1. The molecular formula is C12H16N2O.